The Morgan fingerprint density at radius 3 is 2.60 bits per heavy atom. The summed E-state index contributed by atoms with van der Waals surface area (Å²) in [4.78, 5) is 0.825. The second-order valence-corrected chi connectivity index (χ2v) is 6.48. The van der Waals surface area contributed by atoms with E-state index in [2.05, 4.69) is 46.3 Å². The summed E-state index contributed by atoms with van der Waals surface area (Å²) in [5, 5.41) is 0. The Kier molecular flexibility index (Phi) is 1.56. The van der Waals surface area contributed by atoms with Crippen molar-refractivity contribution in [1.29, 1.82) is 0 Å². The van der Waals surface area contributed by atoms with Gasteiger partial charge in [-0.3, -0.25) is 0 Å². The van der Waals surface area contributed by atoms with Crippen molar-refractivity contribution in [3.05, 3.63) is 35.9 Å². The molecule has 1 nitrogen and oxygen atoms in total. The van der Waals surface area contributed by atoms with Gasteiger partial charge in [0.15, 0.2) is 6.04 Å². The molecule has 5 atom stereocenters. The van der Waals surface area contributed by atoms with Crippen LogP contribution >= 0.6 is 15.9 Å². The summed E-state index contributed by atoms with van der Waals surface area (Å²) in [7, 11) is 0. The third kappa shape index (κ3) is 0.974. The van der Waals surface area contributed by atoms with Gasteiger partial charge in [-0.1, -0.05) is 46.3 Å². The second-order valence-electron chi connectivity index (χ2n) is 5.43. The molecule has 1 aliphatic carbocycles. The minimum Gasteiger partial charge on any atom is -0.304 e. The van der Waals surface area contributed by atoms with Gasteiger partial charge in [-0.2, -0.15) is 0 Å². The van der Waals surface area contributed by atoms with E-state index in [1.165, 1.54) is 29.6 Å². The molecule has 3 saturated heterocycles. The van der Waals surface area contributed by atoms with E-state index in [0.717, 1.165) is 22.8 Å². The molecule has 1 aromatic carbocycles. The van der Waals surface area contributed by atoms with Gasteiger partial charge in [-0.15, -0.1) is 0 Å². The third-order valence-corrected chi connectivity index (χ3v) is 6.06. The molecule has 5 rings (SSSR count). The Bertz CT molecular complexity index is 404. The number of nitrogens with zero attached hydrogens (tertiary/aromatic N) is 1. The number of piperidine rings is 3. The quantitative estimate of drug-likeness (QED) is 0.438. The molecule has 15 heavy (non-hydrogen) atoms. The SMILES string of the molecule is Br[C@H]1[C@H]2C[C@@H]3[C@@H]1[N+]3(Cc1ccccc1)C2. The molecule has 4 bridgehead atoms. The van der Waals surface area contributed by atoms with Crippen LogP contribution in [-0.4, -0.2) is 27.9 Å². The molecular formula is C13H15BrN+. The summed E-state index contributed by atoms with van der Waals surface area (Å²) in [6.45, 7) is 2.70. The van der Waals surface area contributed by atoms with Gasteiger partial charge in [0.25, 0.3) is 0 Å². The van der Waals surface area contributed by atoms with Crippen molar-refractivity contribution in [3.63, 3.8) is 0 Å². The fourth-order valence-electron chi connectivity index (χ4n) is 4.18. The van der Waals surface area contributed by atoms with E-state index in [1.54, 1.807) is 0 Å². The van der Waals surface area contributed by atoms with Crippen LogP contribution in [-0.2, 0) is 6.54 Å². The van der Waals surface area contributed by atoms with Gasteiger partial charge < -0.3 is 4.48 Å². The number of hydrogen-bond donors (Lipinski definition) is 0. The Morgan fingerprint density at radius 2 is 2.07 bits per heavy atom. The summed E-state index contributed by atoms with van der Waals surface area (Å²) in [6.07, 6.45) is 1.48. The number of rotatable bonds is 2. The molecule has 1 unspecified atom stereocenters. The molecule has 78 valence electrons. The van der Waals surface area contributed by atoms with E-state index in [0.29, 0.717) is 0 Å². The minimum atomic E-state index is 0.825. The molecule has 3 heterocycles. The minimum absolute atomic E-state index is 0.825. The number of benzene rings is 1. The molecule has 2 heteroatoms. The molecule has 0 aromatic heterocycles. The smallest absolute Gasteiger partial charge is 0.155 e. The highest BCUT2D eigenvalue weighted by Crippen LogP contribution is 2.64. The summed E-state index contributed by atoms with van der Waals surface area (Å²) in [5.41, 5.74) is 1.52. The lowest BCUT2D eigenvalue weighted by atomic mass is 10.1. The van der Waals surface area contributed by atoms with Crippen LogP contribution in [0.2, 0.25) is 0 Å². The van der Waals surface area contributed by atoms with Crippen molar-refractivity contribution in [2.45, 2.75) is 29.9 Å². The molecule has 1 aromatic rings. The van der Waals surface area contributed by atoms with E-state index in [1.807, 2.05) is 0 Å². The van der Waals surface area contributed by atoms with Gasteiger partial charge in [-0.05, 0) is 0 Å². The molecule has 0 N–H and O–H groups in total. The van der Waals surface area contributed by atoms with Crippen molar-refractivity contribution in [3.8, 4) is 0 Å². The first kappa shape index (κ1) is 8.77. The molecule has 0 spiro atoms. The van der Waals surface area contributed by atoms with E-state index in [9.17, 15) is 0 Å². The van der Waals surface area contributed by atoms with E-state index >= 15 is 0 Å². The summed E-state index contributed by atoms with van der Waals surface area (Å²) in [6, 6.07) is 13.0. The van der Waals surface area contributed by atoms with E-state index in [-0.39, 0.29) is 0 Å². The Labute approximate surface area is 98.8 Å². The maximum Gasteiger partial charge on any atom is 0.155 e. The first-order valence-corrected chi connectivity index (χ1v) is 6.77. The average Bonchev–Trinajstić information content (AvgIpc) is 2.55. The molecular weight excluding hydrogens is 250 g/mol. The van der Waals surface area contributed by atoms with Gasteiger partial charge in [0.1, 0.15) is 12.6 Å². The molecule has 0 amide bonds. The zero-order chi connectivity index (χ0) is 10.0. The Balaban J connectivity index is 1.63. The molecule has 1 saturated carbocycles. The van der Waals surface area contributed by atoms with Crippen LogP contribution < -0.4 is 0 Å². The van der Waals surface area contributed by atoms with Gasteiger partial charge in [0.05, 0.1) is 11.4 Å². The zero-order valence-corrected chi connectivity index (χ0v) is 10.2. The van der Waals surface area contributed by atoms with Gasteiger partial charge >= 0.3 is 0 Å². The highest BCUT2D eigenvalue weighted by Gasteiger charge is 2.81. The standard InChI is InChI=1S/C13H15BrN/c14-12-10-6-11-13(12)15(11,8-10)7-9-4-2-1-3-5-9/h1-5,10-13H,6-8H2/q+1/t10-,11+,12-,13-,15?/m0/s1. The fourth-order valence-corrected chi connectivity index (χ4v) is 5.39. The van der Waals surface area contributed by atoms with Crippen molar-refractivity contribution in [1.82, 2.24) is 0 Å². The Hall–Kier alpha value is -0.340. The average molecular weight is 265 g/mol. The monoisotopic (exact) mass is 264 g/mol. The number of halogens is 1. The van der Waals surface area contributed by atoms with Crippen molar-refractivity contribution >= 4 is 15.9 Å². The van der Waals surface area contributed by atoms with Crippen LogP contribution in [0.15, 0.2) is 30.3 Å². The summed E-state index contributed by atoms with van der Waals surface area (Å²) < 4.78 is 1.41. The maximum atomic E-state index is 3.89. The lowest BCUT2D eigenvalue weighted by Gasteiger charge is -2.15. The second kappa shape index (κ2) is 2.67. The van der Waals surface area contributed by atoms with Crippen LogP contribution in [0.25, 0.3) is 0 Å². The summed E-state index contributed by atoms with van der Waals surface area (Å²) in [5.74, 6) is 0.976. The van der Waals surface area contributed by atoms with Crippen LogP contribution in [0.4, 0.5) is 0 Å². The van der Waals surface area contributed by atoms with Crippen molar-refractivity contribution in [2.24, 2.45) is 5.92 Å². The third-order valence-electron chi connectivity index (χ3n) is 4.77. The highest BCUT2D eigenvalue weighted by molar-refractivity contribution is 9.09. The molecule has 0 radical (unpaired) electrons. The van der Waals surface area contributed by atoms with Crippen LogP contribution in [0.5, 0.6) is 0 Å². The first-order chi connectivity index (χ1) is 7.31. The topological polar surface area (TPSA) is 0 Å². The Morgan fingerprint density at radius 1 is 1.27 bits per heavy atom. The zero-order valence-electron chi connectivity index (χ0n) is 8.64. The molecule has 4 aliphatic rings. The van der Waals surface area contributed by atoms with Gasteiger partial charge in [0.2, 0.25) is 0 Å². The number of quaternary nitrogens is 1. The maximum absolute atomic E-state index is 3.89. The van der Waals surface area contributed by atoms with Crippen molar-refractivity contribution in [2.75, 3.05) is 6.54 Å². The largest absolute Gasteiger partial charge is 0.304 e. The van der Waals surface area contributed by atoms with Gasteiger partial charge in [-0.25, -0.2) is 0 Å². The van der Waals surface area contributed by atoms with Crippen LogP contribution in [0.1, 0.15) is 12.0 Å². The highest BCUT2D eigenvalue weighted by atomic mass is 79.9. The normalized spacial score (nSPS) is 49.7. The predicted octanol–water partition coefficient (Wildman–Crippen LogP) is 2.55. The first-order valence-electron chi connectivity index (χ1n) is 5.86. The molecule has 4 fully saturated rings. The van der Waals surface area contributed by atoms with Crippen LogP contribution in [0.3, 0.4) is 0 Å². The fraction of sp³-hybridized carbons (Fsp3) is 0.538. The number of alkyl halides is 1. The van der Waals surface area contributed by atoms with E-state index in [4.69, 9.17) is 0 Å². The van der Waals surface area contributed by atoms with Crippen LogP contribution in [0, 0.1) is 5.92 Å². The van der Waals surface area contributed by atoms with E-state index < -0.39 is 0 Å². The summed E-state index contributed by atoms with van der Waals surface area (Å²) >= 11 is 3.89. The molecule has 3 aliphatic heterocycles. The predicted molar refractivity (Wildman–Crippen MR) is 63.7 cm³/mol. The lowest BCUT2D eigenvalue weighted by molar-refractivity contribution is -0.823. The lowest BCUT2D eigenvalue weighted by Crippen LogP contribution is -2.25. The number of hydrogen-bond acceptors (Lipinski definition) is 0. The van der Waals surface area contributed by atoms with Crippen molar-refractivity contribution < 1.29 is 4.48 Å². The van der Waals surface area contributed by atoms with Gasteiger partial charge in [0, 0.05) is 17.9 Å².